The Hall–Kier alpha value is -6.46. The summed E-state index contributed by atoms with van der Waals surface area (Å²) in [7, 11) is -9.94. The van der Waals surface area contributed by atoms with Gasteiger partial charge >= 0.3 is 27.6 Å². The third-order valence-corrected chi connectivity index (χ3v) is 22.2. The summed E-state index contributed by atoms with van der Waals surface area (Å²) in [5, 5.41) is 0. The molecule has 0 heterocycles. The zero-order chi connectivity index (χ0) is 75.6. The first-order valence-corrected chi connectivity index (χ1v) is 43.2. The highest BCUT2D eigenvalue weighted by atomic mass is 31.2. The van der Waals surface area contributed by atoms with Crippen molar-refractivity contribution < 1.29 is 74.3 Å². The largest absolute Gasteiger partial charge is 0.475 e. The van der Waals surface area contributed by atoms with E-state index in [4.69, 9.17) is 55.6 Å². The molecule has 7 aromatic rings. The van der Waals surface area contributed by atoms with Crippen molar-refractivity contribution in [3.05, 3.63) is 251 Å². The van der Waals surface area contributed by atoms with E-state index in [1.54, 1.807) is 0 Å². The number of hydrogen-bond donors (Lipinski definition) is 0. The summed E-state index contributed by atoms with van der Waals surface area (Å²) in [6, 6.07) is 65.9. The van der Waals surface area contributed by atoms with Gasteiger partial charge < -0.3 is 28.4 Å². The molecule has 1 unspecified atom stereocenters. The first-order valence-electron chi connectivity index (χ1n) is 40.3. The second-order valence-electron chi connectivity index (χ2n) is 28.4. The van der Waals surface area contributed by atoms with Gasteiger partial charge in [-0.15, -0.1) is 0 Å². The lowest BCUT2D eigenvalue weighted by Crippen LogP contribution is -2.67. The molecule has 0 amide bonds. The van der Waals surface area contributed by atoms with E-state index in [0.29, 0.717) is 29.5 Å². The molecule has 1 aliphatic rings. The maximum Gasteiger partial charge on any atom is 0.475 e. The molecule has 108 heavy (non-hydrogen) atoms. The summed E-state index contributed by atoms with van der Waals surface area (Å²) in [6.45, 7) is 2.65. The second-order valence-corrected chi connectivity index (χ2v) is 31.7. The molecule has 0 aromatic heterocycles. The molecular formula is C90H122O16P2. The van der Waals surface area contributed by atoms with Crippen LogP contribution in [0, 0.1) is 0 Å². The minimum atomic E-state index is -5.10. The molecule has 8 atom stereocenters. The summed E-state index contributed by atoms with van der Waals surface area (Å²) in [4.78, 5) is 27.9. The van der Waals surface area contributed by atoms with E-state index >= 15 is 9.13 Å². The Kier molecular flexibility index (Phi) is 42.5. The molecule has 0 bridgehead atoms. The summed E-state index contributed by atoms with van der Waals surface area (Å²) < 4.78 is 114. The number of phosphoric ester groups is 2. The van der Waals surface area contributed by atoms with Crippen LogP contribution in [0.1, 0.15) is 233 Å². The molecular weight excluding hydrogens is 1400 g/mol. The Balaban J connectivity index is 1.14. The van der Waals surface area contributed by atoms with Gasteiger partial charge in [-0.2, -0.15) is 0 Å². The quantitative estimate of drug-likeness (QED) is 0.0199. The minimum absolute atomic E-state index is 0.00729. The van der Waals surface area contributed by atoms with Gasteiger partial charge in [0.1, 0.15) is 43.2 Å². The fourth-order valence-electron chi connectivity index (χ4n) is 13.2. The zero-order valence-electron chi connectivity index (χ0n) is 64.3. The number of phosphoric acid groups is 2. The van der Waals surface area contributed by atoms with Crippen LogP contribution in [0.15, 0.2) is 212 Å². The van der Waals surface area contributed by atoms with Crippen LogP contribution in [-0.4, -0.2) is 67.9 Å². The van der Waals surface area contributed by atoms with Gasteiger partial charge in [0.25, 0.3) is 0 Å². The maximum absolute atomic E-state index is 16.7. The van der Waals surface area contributed by atoms with Crippen molar-refractivity contribution in [1.29, 1.82) is 0 Å². The highest BCUT2D eigenvalue weighted by Gasteiger charge is 2.59. The first-order chi connectivity index (χ1) is 53.1. The van der Waals surface area contributed by atoms with Gasteiger partial charge in [0.2, 0.25) is 0 Å². The van der Waals surface area contributed by atoms with Crippen LogP contribution >= 0.6 is 15.6 Å². The van der Waals surface area contributed by atoms with E-state index < -0.39 is 83.5 Å². The average molecular weight is 1520 g/mol. The number of carbonyl (C=O) groups is 2. The summed E-state index contributed by atoms with van der Waals surface area (Å²) in [5.74, 6) is -0.978. The van der Waals surface area contributed by atoms with Crippen LogP contribution in [0.25, 0.3) is 0 Å². The van der Waals surface area contributed by atoms with Crippen molar-refractivity contribution in [1.82, 2.24) is 0 Å². The molecule has 0 radical (unpaired) electrons. The standard InChI is InChI=1S/C90H122O16P2/c1-3-5-7-9-11-13-15-17-19-21-23-25-48-64-83(91)95-73-82(104-84(92)65-49-26-24-22-20-18-16-14-12-10-8-6-4-2)74-103-108(94,102-72-81-62-46-33-47-63-81)106-90-87(98-68-77-54-38-29-39-55-77)85(96-66-75-50-34-27-35-51-75)86(97-67-76-52-36-28-37-53-76)89(88(90)99-69-78-56-40-30-41-57-78)105-107(93,100-70-79-58-42-31-43-59-79)101-71-80-60-44-32-45-61-80/h27-47,50-63,82,85-90H,3-26,48-49,64-74H2,1-2H3/t82-,85+,86+,87+,88+,89-,90+,108?/m0/s1. The number of rotatable bonds is 59. The predicted molar refractivity (Wildman–Crippen MR) is 426 cm³/mol. The number of hydrogen-bond acceptors (Lipinski definition) is 16. The number of unbranched alkanes of at least 4 members (excludes halogenated alkanes) is 24. The highest BCUT2D eigenvalue weighted by molar-refractivity contribution is 7.48. The van der Waals surface area contributed by atoms with E-state index in [1.165, 1.54) is 109 Å². The van der Waals surface area contributed by atoms with Gasteiger partial charge in [0.05, 0.1) is 52.9 Å². The van der Waals surface area contributed by atoms with Gasteiger partial charge in [-0.3, -0.25) is 36.7 Å². The Labute approximate surface area is 645 Å². The van der Waals surface area contributed by atoms with Crippen molar-refractivity contribution in [2.75, 3.05) is 13.2 Å². The van der Waals surface area contributed by atoms with Crippen molar-refractivity contribution in [2.45, 2.75) is 283 Å². The van der Waals surface area contributed by atoms with Crippen LogP contribution in [0.4, 0.5) is 0 Å². The van der Waals surface area contributed by atoms with Crippen molar-refractivity contribution in [3.63, 3.8) is 0 Å². The molecule has 8 rings (SSSR count). The minimum Gasteiger partial charge on any atom is -0.462 e. The van der Waals surface area contributed by atoms with Gasteiger partial charge in [0.15, 0.2) is 6.10 Å². The summed E-state index contributed by atoms with van der Waals surface area (Å²) in [5.41, 5.74) is 5.09. The Morgan fingerprint density at radius 2 is 0.509 bits per heavy atom. The second kappa shape index (κ2) is 52.7. The smallest absolute Gasteiger partial charge is 0.462 e. The van der Waals surface area contributed by atoms with E-state index in [1.807, 2.05) is 212 Å². The number of carbonyl (C=O) groups excluding carboxylic acids is 2. The lowest BCUT2D eigenvalue weighted by molar-refractivity contribution is -0.268. The zero-order valence-corrected chi connectivity index (χ0v) is 66.1. The average Bonchev–Trinajstić information content (AvgIpc) is 0.752. The van der Waals surface area contributed by atoms with E-state index in [-0.39, 0.29) is 59.1 Å². The van der Waals surface area contributed by atoms with Crippen LogP contribution in [0.3, 0.4) is 0 Å². The molecule has 16 nitrogen and oxygen atoms in total. The molecule has 7 aromatic carbocycles. The van der Waals surface area contributed by atoms with E-state index in [9.17, 15) is 9.59 Å². The topological polar surface area (TPSA) is 179 Å². The highest BCUT2D eigenvalue weighted by Crippen LogP contribution is 2.58. The number of ether oxygens (including phenoxy) is 6. The molecule has 588 valence electrons. The third kappa shape index (κ3) is 34.8. The molecule has 0 aliphatic heterocycles. The molecule has 0 saturated heterocycles. The first kappa shape index (κ1) is 87.1. The van der Waals surface area contributed by atoms with Crippen molar-refractivity contribution in [2.24, 2.45) is 0 Å². The SMILES string of the molecule is CCCCCCCCCCCCCCCC(=O)OC[C@@H](COP(=O)(OCc1ccccc1)O[C@H]1[C@H](OCc2ccccc2)[C@@H](OP(=O)(OCc2ccccc2)OCc2ccccc2)[C@H](OCc2ccccc2)[C@@H](OCc2ccccc2)[C@H]1OCc1ccccc1)OC(=O)CCCCCCCCCCCCCCC. The van der Waals surface area contributed by atoms with Crippen LogP contribution in [-0.2, 0) is 121 Å². The van der Waals surface area contributed by atoms with Crippen LogP contribution in [0.5, 0.6) is 0 Å². The fourth-order valence-corrected chi connectivity index (χ4v) is 16.0. The monoisotopic (exact) mass is 1520 g/mol. The van der Waals surface area contributed by atoms with E-state index in [0.717, 1.165) is 67.2 Å². The maximum atomic E-state index is 16.7. The third-order valence-electron chi connectivity index (χ3n) is 19.4. The summed E-state index contributed by atoms with van der Waals surface area (Å²) >= 11 is 0. The Bertz CT molecular complexity index is 3480. The number of benzene rings is 7. The summed E-state index contributed by atoms with van der Waals surface area (Å²) in [6.07, 6.45) is 20.5. The lowest BCUT2D eigenvalue weighted by Gasteiger charge is -2.50. The molecule has 18 heteroatoms. The molecule has 1 aliphatic carbocycles. The predicted octanol–water partition coefficient (Wildman–Crippen LogP) is 23.4. The Morgan fingerprint density at radius 3 is 0.796 bits per heavy atom. The fraction of sp³-hybridized carbons (Fsp3) is 0.511. The van der Waals surface area contributed by atoms with Gasteiger partial charge in [-0.25, -0.2) is 9.13 Å². The van der Waals surface area contributed by atoms with Crippen molar-refractivity contribution in [3.8, 4) is 0 Å². The van der Waals surface area contributed by atoms with Crippen LogP contribution < -0.4 is 0 Å². The Morgan fingerprint density at radius 1 is 0.278 bits per heavy atom. The number of esters is 2. The normalized spacial score (nSPS) is 17.4. The van der Waals surface area contributed by atoms with Crippen LogP contribution in [0.2, 0.25) is 0 Å². The lowest BCUT2D eigenvalue weighted by atomic mass is 9.84. The molecule has 1 saturated carbocycles. The van der Waals surface area contributed by atoms with Gasteiger partial charge in [0, 0.05) is 12.8 Å². The van der Waals surface area contributed by atoms with E-state index in [2.05, 4.69) is 13.8 Å². The molecule has 0 spiro atoms. The van der Waals surface area contributed by atoms with Crippen molar-refractivity contribution >= 4 is 27.6 Å². The molecule has 1 fully saturated rings. The van der Waals surface area contributed by atoms with Gasteiger partial charge in [-0.05, 0) is 51.8 Å². The molecule has 0 N–H and O–H groups in total. The van der Waals surface area contributed by atoms with Gasteiger partial charge in [-0.1, -0.05) is 380 Å².